The van der Waals surface area contributed by atoms with Crippen LogP contribution in [0.2, 0.25) is 0 Å². The second kappa shape index (κ2) is 5.37. The molecule has 0 aromatic heterocycles. The summed E-state index contributed by atoms with van der Waals surface area (Å²) in [6.07, 6.45) is -4.42. The highest BCUT2D eigenvalue weighted by atomic mass is 19.4. The van der Waals surface area contributed by atoms with E-state index in [0.717, 1.165) is 12.1 Å². The number of halogens is 3. The largest absolute Gasteiger partial charge is 0.416 e. The molecule has 2 rings (SSSR count). The third-order valence-electron chi connectivity index (χ3n) is 3.08. The predicted molar refractivity (Wildman–Crippen MR) is 75.1 cm³/mol. The summed E-state index contributed by atoms with van der Waals surface area (Å²) in [6.45, 7) is 0. The van der Waals surface area contributed by atoms with Crippen LogP contribution in [-0.4, -0.2) is 7.05 Å². The Morgan fingerprint density at radius 3 is 2.43 bits per heavy atom. The molecule has 0 aliphatic rings. The zero-order valence-corrected chi connectivity index (χ0v) is 11.1. The number of anilines is 3. The smallest absolute Gasteiger partial charge is 0.397 e. The molecule has 0 aliphatic carbocycles. The monoisotopic (exact) mass is 291 g/mol. The van der Waals surface area contributed by atoms with Gasteiger partial charge in [0, 0.05) is 12.7 Å². The van der Waals surface area contributed by atoms with Crippen molar-refractivity contribution in [3.63, 3.8) is 0 Å². The zero-order valence-electron chi connectivity index (χ0n) is 11.1. The van der Waals surface area contributed by atoms with Gasteiger partial charge in [-0.3, -0.25) is 0 Å². The predicted octanol–water partition coefficient (Wildman–Crippen LogP) is 3.93. The SMILES string of the molecule is CN(c1cccc(C#N)c1)c1ccc(C(F)(F)F)cc1N. The first-order valence-corrected chi connectivity index (χ1v) is 6.03. The lowest BCUT2D eigenvalue weighted by atomic mass is 10.1. The van der Waals surface area contributed by atoms with Crippen LogP contribution in [0.25, 0.3) is 0 Å². The molecule has 0 spiro atoms. The third kappa shape index (κ3) is 3.08. The van der Waals surface area contributed by atoms with E-state index in [1.807, 2.05) is 6.07 Å². The first kappa shape index (κ1) is 14.7. The average molecular weight is 291 g/mol. The fourth-order valence-corrected chi connectivity index (χ4v) is 1.96. The van der Waals surface area contributed by atoms with Gasteiger partial charge in [0.15, 0.2) is 0 Å². The average Bonchev–Trinajstić information content (AvgIpc) is 2.45. The lowest BCUT2D eigenvalue weighted by Gasteiger charge is -2.22. The van der Waals surface area contributed by atoms with E-state index in [-0.39, 0.29) is 5.69 Å². The molecule has 0 atom stereocenters. The summed E-state index contributed by atoms with van der Waals surface area (Å²) in [4.78, 5) is 1.64. The molecule has 108 valence electrons. The van der Waals surface area contributed by atoms with Crippen LogP contribution in [0.15, 0.2) is 42.5 Å². The summed E-state index contributed by atoms with van der Waals surface area (Å²) < 4.78 is 37.9. The Morgan fingerprint density at radius 1 is 1.14 bits per heavy atom. The molecule has 2 N–H and O–H groups in total. The van der Waals surface area contributed by atoms with Crippen molar-refractivity contribution in [3.05, 3.63) is 53.6 Å². The zero-order chi connectivity index (χ0) is 15.6. The fraction of sp³-hybridized carbons (Fsp3) is 0.133. The van der Waals surface area contributed by atoms with E-state index in [1.165, 1.54) is 6.07 Å². The molecular weight excluding hydrogens is 279 g/mol. The standard InChI is InChI=1S/C15H12F3N3/c1-21(12-4-2-3-10(7-12)9-19)14-6-5-11(8-13(14)20)15(16,17)18/h2-8H,20H2,1H3. The van der Waals surface area contributed by atoms with Gasteiger partial charge in [-0.25, -0.2) is 0 Å². The summed E-state index contributed by atoms with van der Waals surface area (Å²) in [6, 6.07) is 11.9. The molecular formula is C15H12F3N3. The molecule has 0 fully saturated rings. The molecule has 0 saturated carbocycles. The van der Waals surface area contributed by atoms with E-state index in [9.17, 15) is 13.2 Å². The number of nitrogen functional groups attached to an aromatic ring is 1. The van der Waals surface area contributed by atoms with Gasteiger partial charge >= 0.3 is 6.18 Å². The van der Waals surface area contributed by atoms with Crippen LogP contribution in [0.1, 0.15) is 11.1 Å². The molecule has 6 heteroatoms. The molecule has 3 nitrogen and oxygen atoms in total. The first-order chi connectivity index (χ1) is 9.82. The van der Waals surface area contributed by atoms with E-state index in [4.69, 9.17) is 11.0 Å². The number of nitrogens with two attached hydrogens (primary N) is 1. The van der Waals surface area contributed by atoms with Crippen molar-refractivity contribution < 1.29 is 13.2 Å². The van der Waals surface area contributed by atoms with Gasteiger partial charge in [-0.05, 0) is 36.4 Å². The van der Waals surface area contributed by atoms with Crippen LogP contribution in [0.4, 0.5) is 30.2 Å². The Labute approximate surface area is 120 Å². The van der Waals surface area contributed by atoms with Gasteiger partial charge in [-0.2, -0.15) is 18.4 Å². The van der Waals surface area contributed by atoms with Gasteiger partial charge in [-0.1, -0.05) is 6.07 Å². The normalized spacial score (nSPS) is 11.0. The number of rotatable bonds is 2. The van der Waals surface area contributed by atoms with E-state index < -0.39 is 11.7 Å². The minimum absolute atomic E-state index is 0.0229. The van der Waals surface area contributed by atoms with Crippen molar-refractivity contribution in [2.24, 2.45) is 0 Å². The molecule has 0 saturated heterocycles. The fourth-order valence-electron chi connectivity index (χ4n) is 1.96. The summed E-state index contributed by atoms with van der Waals surface area (Å²) in [7, 11) is 1.68. The summed E-state index contributed by atoms with van der Waals surface area (Å²) in [5.41, 5.74) is 6.53. The van der Waals surface area contributed by atoms with Gasteiger partial charge < -0.3 is 10.6 Å². The Kier molecular flexibility index (Phi) is 3.76. The van der Waals surface area contributed by atoms with Crippen molar-refractivity contribution in [1.82, 2.24) is 0 Å². The van der Waals surface area contributed by atoms with Crippen LogP contribution in [0.3, 0.4) is 0 Å². The highest BCUT2D eigenvalue weighted by Gasteiger charge is 2.31. The lowest BCUT2D eigenvalue weighted by molar-refractivity contribution is -0.137. The Balaban J connectivity index is 2.40. The van der Waals surface area contributed by atoms with E-state index in [1.54, 1.807) is 36.2 Å². The molecule has 2 aromatic carbocycles. The molecule has 2 aromatic rings. The molecule has 0 unspecified atom stereocenters. The van der Waals surface area contributed by atoms with Crippen LogP contribution >= 0.6 is 0 Å². The van der Waals surface area contributed by atoms with Gasteiger partial charge in [0.25, 0.3) is 0 Å². The maximum atomic E-state index is 12.6. The van der Waals surface area contributed by atoms with Crippen molar-refractivity contribution in [1.29, 1.82) is 5.26 Å². The molecule has 0 bridgehead atoms. The maximum absolute atomic E-state index is 12.6. The number of benzene rings is 2. The van der Waals surface area contributed by atoms with Crippen LogP contribution in [-0.2, 0) is 6.18 Å². The molecule has 0 radical (unpaired) electrons. The van der Waals surface area contributed by atoms with Gasteiger partial charge in [0.2, 0.25) is 0 Å². The second-order valence-corrected chi connectivity index (χ2v) is 4.49. The topological polar surface area (TPSA) is 53.0 Å². The molecule has 0 aliphatic heterocycles. The van der Waals surface area contributed by atoms with Crippen molar-refractivity contribution >= 4 is 17.1 Å². The van der Waals surface area contributed by atoms with Gasteiger partial charge in [0.05, 0.1) is 28.6 Å². The minimum Gasteiger partial charge on any atom is -0.397 e. The highest BCUT2D eigenvalue weighted by molar-refractivity contribution is 5.75. The van der Waals surface area contributed by atoms with E-state index >= 15 is 0 Å². The number of nitrogens with zero attached hydrogens (tertiary/aromatic N) is 2. The minimum atomic E-state index is -4.42. The lowest BCUT2D eigenvalue weighted by Crippen LogP contribution is -2.13. The van der Waals surface area contributed by atoms with E-state index in [2.05, 4.69) is 0 Å². The molecule has 0 amide bonds. The third-order valence-corrected chi connectivity index (χ3v) is 3.08. The molecule has 21 heavy (non-hydrogen) atoms. The maximum Gasteiger partial charge on any atom is 0.416 e. The molecule has 0 heterocycles. The second-order valence-electron chi connectivity index (χ2n) is 4.49. The number of alkyl halides is 3. The van der Waals surface area contributed by atoms with Crippen LogP contribution in [0, 0.1) is 11.3 Å². The Bertz CT molecular complexity index is 702. The van der Waals surface area contributed by atoms with E-state index in [0.29, 0.717) is 16.9 Å². The van der Waals surface area contributed by atoms with Crippen molar-refractivity contribution in [2.45, 2.75) is 6.18 Å². The first-order valence-electron chi connectivity index (χ1n) is 6.03. The summed E-state index contributed by atoms with van der Waals surface area (Å²) in [5, 5.41) is 8.88. The van der Waals surface area contributed by atoms with Crippen molar-refractivity contribution in [2.75, 3.05) is 17.7 Å². The number of hydrogen-bond acceptors (Lipinski definition) is 3. The van der Waals surface area contributed by atoms with Crippen molar-refractivity contribution in [3.8, 4) is 6.07 Å². The van der Waals surface area contributed by atoms with Crippen LogP contribution in [0.5, 0.6) is 0 Å². The Hall–Kier alpha value is -2.68. The number of nitriles is 1. The van der Waals surface area contributed by atoms with Gasteiger partial charge in [-0.15, -0.1) is 0 Å². The summed E-state index contributed by atoms with van der Waals surface area (Å²) >= 11 is 0. The highest BCUT2D eigenvalue weighted by Crippen LogP contribution is 2.35. The Morgan fingerprint density at radius 2 is 1.86 bits per heavy atom. The van der Waals surface area contributed by atoms with Crippen LogP contribution < -0.4 is 10.6 Å². The summed E-state index contributed by atoms with van der Waals surface area (Å²) in [5.74, 6) is 0. The quantitative estimate of drug-likeness (QED) is 0.853. The number of hydrogen-bond donors (Lipinski definition) is 1. The van der Waals surface area contributed by atoms with Gasteiger partial charge in [0.1, 0.15) is 0 Å².